The highest BCUT2D eigenvalue weighted by atomic mass is 16.5. The number of morpholine rings is 1. The lowest BCUT2D eigenvalue weighted by Crippen LogP contribution is -2.44. The molecule has 2 rings (SSSR count). The van der Waals surface area contributed by atoms with E-state index in [1.165, 1.54) is 6.42 Å². The molecule has 2 fully saturated rings. The molecule has 0 aromatic carbocycles. The van der Waals surface area contributed by atoms with Crippen molar-refractivity contribution < 1.29 is 4.74 Å². The molecule has 2 saturated heterocycles. The van der Waals surface area contributed by atoms with Gasteiger partial charge >= 0.3 is 0 Å². The zero-order chi connectivity index (χ0) is 8.06. The van der Waals surface area contributed by atoms with Gasteiger partial charge in [-0.2, -0.15) is 0 Å². The zero-order valence-corrected chi connectivity index (χ0v) is 7.63. The normalized spacial score (nSPS) is 44.2. The number of hydrogen-bond donors (Lipinski definition) is 0. The first-order chi connectivity index (χ1) is 5.11. The van der Waals surface area contributed by atoms with E-state index in [2.05, 4.69) is 25.7 Å². The molecule has 0 radical (unpaired) electrons. The zero-order valence-electron chi connectivity index (χ0n) is 7.63. The summed E-state index contributed by atoms with van der Waals surface area (Å²) in [5.74, 6) is 0. The van der Waals surface area contributed by atoms with Gasteiger partial charge in [0.25, 0.3) is 0 Å². The molecule has 2 nitrogen and oxygen atoms in total. The molecule has 2 bridgehead atoms. The summed E-state index contributed by atoms with van der Waals surface area (Å²) in [6.07, 6.45) is 1.24. The van der Waals surface area contributed by atoms with E-state index in [-0.39, 0.29) is 5.60 Å². The Labute approximate surface area is 68.5 Å². The second-order valence-corrected chi connectivity index (χ2v) is 4.38. The van der Waals surface area contributed by atoms with Crippen LogP contribution >= 0.6 is 0 Å². The Morgan fingerprint density at radius 3 is 2.55 bits per heavy atom. The maximum absolute atomic E-state index is 5.68. The lowest BCUT2D eigenvalue weighted by atomic mass is 10.1. The lowest BCUT2D eigenvalue weighted by molar-refractivity contribution is -0.0410. The van der Waals surface area contributed by atoms with Crippen molar-refractivity contribution in [3.8, 4) is 0 Å². The Hall–Kier alpha value is -0.0800. The monoisotopic (exact) mass is 155 g/mol. The maximum atomic E-state index is 5.68. The Bertz CT molecular complexity index is 169. The Kier molecular flexibility index (Phi) is 1.52. The van der Waals surface area contributed by atoms with Crippen LogP contribution in [0.25, 0.3) is 0 Å². The first-order valence-electron chi connectivity index (χ1n) is 4.50. The fraction of sp³-hybridized carbons (Fsp3) is 1.00. The fourth-order valence-electron chi connectivity index (χ4n) is 2.36. The van der Waals surface area contributed by atoms with Gasteiger partial charge in [-0.15, -0.1) is 0 Å². The van der Waals surface area contributed by atoms with Gasteiger partial charge in [0.1, 0.15) is 0 Å². The first kappa shape index (κ1) is 7.56. The Balaban J connectivity index is 2.10. The molecule has 2 heteroatoms. The van der Waals surface area contributed by atoms with E-state index in [4.69, 9.17) is 4.74 Å². The van der Waals surface area contributed by atoms with E-state index in [0.717, 1.165) is 13.2 Å². The van der Waals surface area contributed by atoms with Crippen molar-refractivity contribution in [1.82, 2.24) is 4.90 Å². The van der Waals surface area contributed by atoms with Crippen LogP contribution in [-0.2, 0) is 4.74 Å². The number of likely N-dealkylation sites (tertiary alicyclic amines) is 1. The molecular formula is C9H17NO. The third kappa shape index (κ3) is 1.09. The molecule has 2 aliphatic rings. The summed E-state index contributed by atoms with van der Waals surface area (Å²) in [7, 11) is 0. The van der Waals surface area contributed by atoms with Crippen molar-refractivity contribution in [2.45, 2.75) is 44.9 Å². The minimum atomic E-state index is 0.189. The van der Waals surface area contributed by atoms with Crippen molar-refractivity contribution in [3.63, 3.8) is 0 Å². The summed E-state index contributed by atoms with van der Waals surface area (Å²) in [5, 5.41) is 0. The van der Waals surface area contributed by atoms with Crippen LogP contribution in [0.15, 0.2) is 0 Å². The standard InChI is InChI=1S/C9H17NO/c1-7(2)10-6-9(3)4-8(10)5-11-9/h7-8H,4-6H2,1-3H3. The van der Waals surface area contributed by atoms with Crippen LogP contribution in [0, 0.1) is 0 Å². The van der Waals surface area contributed by atoms with E-state index >= 15 is 0 Å². The highest BCUT2D eigenvalue weighted by Gasteiger charge is 2.48. The van der Waals surface area contributed by atoms with Crippen LogP contribution in [-0.4, -0.2) is 35.7 Å². The van der Waals surface area contributed by atoms with Gasteiger partial charge in [0.2, 0.25) is 0 Å². The predicted octanol–water partition coefficient (Wildman–Crippen LogP) is 1.26. The Morgan fingerprint density at radius 1 is 1.55 bits per heavy atom. The van der Waals surface area contributed by atoms with E-state index in [0.29, 0.717) is 12.1 Å². The summed E-state index contributed by atoms with van der Waals surface area (Å²) >= 11 is 0. The molecule has 0 aromatic heterocycles. The number of ether oxygens (including phenoxy) is 1. The first-order valence-corrected chi connectivity index (χ1v) is 4.50. The topological polar surface area (TPSA) is 12.5 Å². The van der Waals surface area contributed by atoms with Crippen molar-refractivity contribution >= 4 is 0 Å². The van der Waals surface area contributed by atoms with Gasteiger partial charge in [0, 0.05) is 18.6 Å². The van der Waals surface area contributed by atoms with Gasteiger partial charge in [-0.3, -0.25) is 4.90 Å². The quantitative estimate of drug-likeness (QED) is 0.565. The van der Waals surface area contributed by atoms with E-state index in [1.807, 2.05) is 0 Å². The summed E-state index contributed by atoms with van der Waals surface area (Å²) in [6, 6.07) is 1.39. The van der Waals surface area contributed by atoms with Crippen LogP contribution in [0.5, 0.6) is 0 Å². The van der Waals surface area contributed by atoms with E-state index < -0.39 is 0 Å². The van der Waals surface area contributed by atoms with Crippen molar-refractivity contribution in [2.75, 3.05) is 13.2 Å². The maximum Gasteiger partial charge on any atom is 0.0797 e. The molecule has 11 heavy (non-hydrogen) atoms. The summed E-state index contributed by atoms with van der Waals surface area (Å²) in [5.41, 5.74) is 0.189. The number of nitrogens with zero attached hydrogens (tertiary/aromatic N) is 1. The molecule has 64 valence electrons. The van der Waals surface area contributed by atoms with Gasteiger partial charge in [-0.05, 0) is 27.2 Å². The van der Waals surface area contributed by atoms with Gasteiger partial charge in [0.15, 0.2) is 0 Å². The molecule has 0 aromatic rings. The summed E-state index contributed by atoms with van der Waals surface area (Å²) < 4.78 is 5.68. The minimum Gasteiger partial charge on any atom is -0.372 e. The molecule has 0 aliphatic carbocycles. The fourth-order valence-corrected chi connectivity index (χ4v) is 2.36. The molecular weight excluding hydrogens is 138 g/mol. The van der Waals surface area contributed by atoms with Crippen LogP contribution in [0.1, 0.15) is 27.2 Å². The van der Waals surface area contributed by atoms with E-state index in [9.17, 15) is 0 Å². The third-order valence-corrected chi connectivity index (χ3v) is 2.94. The molecule has 0 spiro atoms. The van der Waals surface area contributed by atoms with Crippen LogP contribution < -0.4 is 0 Å². The number of fused-ring (bicyclic) bond motifs is 2. The molecule has 0 saturated carbocycles. The second kappa shape index (κ2) is 2.20. The average molecular weight is 155 g/mol. The predicted molar refractivity (Wildman–Crippen MR) is 44.6 cm³/mol. The third-order valence-electron chi connectivity index (χ3n) is 2.94. The molecule has 2 atom stereocenters. The molecule has 2 heterocycles. The molecule has 2 unspecified atom stereocenters. The van der Waals surface area contributed by atoms with Crippen LogP contribution in [0.2, 0.25) is 0 Å². The molecule has 0 amide bonds. The second-order valence-electron chi connectivity index (χ2n) is 4.38. The SMILES string of the molecule is CC(C)N1CC2(C)CC1CO2. The average Bonchev–Trinajstić information content (AvgIpc) is 2.41. The van der Waals surface area contributed by atoms with Gasteiger partial charge in [-0.25, -0.2) is 0 Å². The van der Waals surface area contributed by atoms with Gasteiger partial charge in [-0.1, -0.05) is 0 Å². The van der Waals surface area contributed by atoms with Crippen LogP contribution in [0.4, 0.5) is 0 Å². The van der Waals surface area contributed by atoms with E-state index in [1.54, 1.807) is 0 Å². The van der Waals surface area contributed by atoms with Gasteiger partial charge in [0.05, 0.1) is 12.2 Å². The largest absolute Gasteiger partial charge is 0.372 e. The highest BCUT2D eigenvalue weighted by Crippen LogP contribution is 2.37. The Morgan fingerprint density at radius 2 is 2.27 bits per heavy atom. The van der Waals surface area contributed by atoms with Crippen molar-refractivity contribution in [1.29, 1.82) is 0 Å². The summed E-state index contributed by atoms with van der Waals surface area (Å²) in [6.45, 7) is 8.85. The van der Waals surface area contributed by atoms with Crippen LogP contribution in [0.3, 0.4) is 0 Å². The number of hydrogen-bond acceptors (Lipinski definition) is 2. The minimum absolute atomic E-state index is 0.189. The highest BCUT2D eigenvalue weighted by molar-refractivity contribution is 5.01. The van der Waals surface area contributed by atoms with Crippen molar-refractivity contribution in [2.24, 2.45) is 0 Å². The molecule has 2 aliphatic heterocycles. The lowest BCUT2D eigenvalue weighted by Gasteiger charge is -2.33. The summed E-state index contributed by atoms with van der Waals surface area (Å²) in [4.78, 5) is 2.56. The smallest absolute Gasteiger partial charge is 0.0797 e. The van der Waals surface area contributed by atoms with Crippen molar-refractivity contribution in [3.05, 3.63) is 0 Å². The number of rotatable bonds is 1. The molecule has 0 N–H and O–H groups in total. The van der Waals surface area contributed by atoms with Gasteiger partial charge < -0.3 is 4.74 Å².